The van der Waals surface area contributed by atoms with Gasteiger partial charge in [0.1, 0.15) is 16.5 Å². The first kappa shape index (κ1) is 34.1. The summed E-state index contributed by atoms with van der Waals surface area (Å²) < 4.78 is 58.2. The number of carboxylic acid groups (broad SMARTS) is 1. The number of carbonyl (C=O) groups is 1. The molecule has 0 amide bonds. The van der Waals surface area contributed by atoms with Crippen LogP contribution in [0.25, 0.3) is 22.4 Å². The molecule has 0 radical (unpaired) electrons. The van der Waals surface area contributed by atoms with Crippen molar-refractivity contribution in [1.29, 1.82) is 0 Å². The van der Waals surface area contributed by atoms with Gasteiger partial charge < -0.3 is 24.7 Å². The van der Waals surface area contributed by atoms with Crippen LogP contribution in [0.1, 0.15) is 44.7 Å². The van der Waals surface area contributed by atoms with E-state index in [4.69, 9.17) is 0 Å². The molecule has 0 spiro atoms. The van der Waals surface area contributed by atoms with Gasteiger partial charge in [-0.25, -0.2) is 21.5 Å². The van der Waals surface area contributed by atoms with Gasteiger partial charge in [-0.05, 0) is 66.3 Å². The second kappa shape index (κ2) is 14.2. The molecule has 3 rings (SSSR count). The SMILES string of the molecule is CC(C)c1c(S(=O)(=O)N(C)C)c(-c2ccc(F)cc2)c(-c2ccc(F)cc2)n1CC[C@@H](O)C[C@@H](O)CC(=O)[O-].[Na+]. The van der Waals surface area contributed by atoms with Crippen molar-refractivity contribution in [2.75, 3.05) is 14.1 Å². The van der Waals surface area contributed by atoms with E-state index in [9.17, 15) is 37.3 Å². The van der Waals surface area contributed by atoms with Gasteiger partial charge >= 0.3 is 29.6 Å². The molecule has 212 valence electrons. The Morgan fingerprint density at radius 2 is 1.45 bits per heavy atom. The second-order valence-electron chi connectivity index (χ2n) is 9.95. The fourth-order valence-corrected chi connectivity index (χ4v) is 6.09. The monoisotopic (exact) mass is 586 g/mol. The van der Waals surface area contributed by atoms with Crippen molar-refractivity contribution in [3.05, 3.63) is 65.9 Å². The predicted octanol–water partition coefficient (Wildman–Crippen LogP) is 0.120. The van der Waals surface area contributed by atoms with Crippen molar-refractivity contribution in [1.82, 2.24) is 8.87 Å². The molecule has 0 bridgehead atoms. The molecular formula is C28H33F2N2NaO6S. The van der Waals surface area contributed by atoms with E-state index in [1.165, 1.54) is 62.6 Å². The number of nitrogens with zero attached hydrogens (tertiary/aromatic N) is 2. The number of halogens is 2. The van der Waals surface area contributed by atoms with E-state index in [1.54, 1.807) is 4.57 Å². The quantitative estimate of drug-likeness (QED) is 0.291. The molecule has 0 saturated heterocycles. The van der Waals surface area contributed by atoms with Crippen LogP contribution >= 0.6 is 0 Å². The first-order valence-electron chi connectivity index (χ1n) is 12.5. The molecule has 0 fully saturated rings. The van der Waals surface area contributed by atoms with Gasteiger partial charge in [-0.15, -0.1) is 0 Å². The van der Waals surface area contributed by atoms with Crippen LogP contribution in [0.4, 0.5) is 8.78 Å². The van der Waals surface area contributed by atoms with Crippen LogP contribution in [0.2, 0.25) is 0 Å². The number of aliphatic hydroxyl groups excluding tert-OH is 2. The van der Waals surface area contributed by atoms with Crippen LogP contribution in [0.5, 0.6) is 0 Å². The van der Waals surface area contributed by atoms with Crippen molar-refractivity contribution >= 4 is 16.0 Å². The van der Waals surface area contributed by atoms with E-state index in [0.717, 1.165) is 4.31 Å². The summed E-state index contributed by atoms with van der Waals surface area (Å²) >= 11 is 0. The Hall–Kier alpha value is -2.12. The molecule has 3 aromatic rings. The molecule has 0 unspecified atom stereocenters. The van der Waals surface area contributed by atoms with Gasteiger partial charge in [0, 0.05) is 44.3 Å². The van der Waals surface area contributed by atoms with Crippen LogP contribution in [0.15, 0.2) is 53.4 Å². The third-order valence-electron chi connectivity index (χ3n) is 6.43. The molecule has 8 nitrogen and oxygen atoms in total. The summed E-state index contributed by atoms with van der Waals surface area (Å²) in [6, 6.07) is 10.9. The Morgan fingerprint density at radius 1 is 0.950 bits per heavy atom. The largest absolute Gasteiger partial charge is 1.00 e. The number of sulfonamides is 1. The predicted molar refractivity (Wildman–Crippen MR) is 141 cm³/mol. The number of aliphatic carboxylic acids is 1. The number of carboxylic acids is 1. The molecule has 12 heteroatoms. The summed E-state index contributed by atoms with van der Waals surface area (Å²) in [6.07, 6.45) is -3.21. The number of aliphatic hydroxyl groups is 2. The minimum absolute atomic E-state index is 0. The Balaban J connectivity index is 0.00000560. The Morgan fingerprint density at radius 3 is 1.90 bits per heavy atom. The zero-order valence-corrected chi connectivity index (χ0v) is 26.1. The van der Waals surface area contributed by atoms with Gasteiger partial charge in [0.05, 0.1) is 17.9 Å². The minimum atomic E-state index is -4.06. The molecule has 0 aliphatic heterocycles. The summed E-state index contributed by atoms with van der Waals surface area (Å²) in [5.74, 6) is -2.75. The zero-order chi connectivity index (χ0) is 29.1. The van der Waals surface area contributed by atoms with Crippen molar-refractivity contribution in [2.24, 2.45) is 0 Å². The topological polar surface area (TPSA) is 123 Å². The average molecular weight is 587 g/mol. The van der Waals surface area contributed by atoms with Crippen LogP contribution in [-0.2, 0) is 21.4 Å². The second-order valence-corrected chi connectivity index (χ2v) is 12.0. The number of aromatic nitrogens is 1. The van der Waals surface area contributed by atoms with Gasteiger partial charge in [0.2, 0.25) is 10.0 Å². The summed E-state index contributed by atoms with van der Waals surface area (Å²) in [6.45, 7) is 3.74. The van der Waals surface area contributed by atoms with Gasteiger partial charge in [0.15, 0.2) is 0 Å². The Bertz CT molecular complexity index is 1410. The summed E-state index contributed by atoms with van der Waals surface area (Å²) in [5, 5.41) is 31.3. The summed E-state index contributed by atoms with van der Waals surface area (Å²) in [4.78, 5) is 10.8. The standard InChI is InChI=1S/C28H34F2N2O6S.Na/c1-17(2)26-28(39(37,38)31(3)4)25(18-5-9-20(29)10-6-18)27(19-7-11-21(30)12-8-19)32(26)14-13-22(33)15-23(34)16-24(35)36;/h5-12,17,22-23,33-34H,13-16H2,1-4H3,(H,35,36);/q;+1/p-1/t22-,23-;/m1./s1. The van der Waals surface area contributed by atoms with Crippen molar-refractivity contribution < 1.29 is 66.9 Å². The maximum absolute atomic E-state index is 13.9. The van der Waals surface area contributed by atoms with Crippen LogP contribution in [0, 0.1) is 11.6 Å². The minimum Gasteiger partial charge on any atom is -0.550 e. The maximum atomic E-state index is 13.9. The number of benzene rings is 2. The molecule has 2 atom stereocenters. The molecule has 2 aromatic carbocycles. The number of hydrogen-bond acceptors (Lipinski definition) is 6. The molecular weight excluding hydrogens is 553 g/mol. The molecule has 40 heavy (non-hydrogen) atoms. The summed E-state index contributed by atoms with van der Waals surface area (Å²) in [5.41, 5.74) is 2.12. The molecule has 0 aliphatic rings. The third kappa shape index (κ3) is 7.79. The van der Waals surface area contributed by atoms with Gasteiger partial charge in [0.25, 0.3) is 0 Å². The number of hydrogen-bond donors (Lipinski definition) is 2. The number of carbonyl (C=O) groups excluding carboxylic acids is 1. The van der Waals surface area contributed by atoms with Gasteiger partial charge in [-0.2, -0.15) is 0 Å². The van der Waals surface area contributed by atoms with Crippen molar-refractivity contribution in [2.45, 2.75) is 62.7 Å². The van der Waals surface area contributed by atoms with Crippen molar-refractivity contribution in [3.63, 3.8) is 0 Å². The van der Waals surface area contributed by atoms with Crippen LogP contribution < -0.4 is 34.7 Å². The Labute approximate surface area is 255 Å². The molecule has 1 aromatic heterocycles. The van der Waals surface area contributed by atoms with Crippen molar-refractivity contribution in [3.8, 4) is 22.4 Å². The Kier molecular flexibility index (Phi) is 12.1. The van der Waals surface area contributed by atoms with E-state index in [0.29, 0.717) is 28.1 Å². The maximum Gasteiger partial charge on any atom is 1.00 e. The third-order valence-corrected chi connectivity index (χ3v) is 8.32. The first-order valence-corrected chi connectivity index (χ1v) is 13.9. The number of rotatable bonds is 12. The fourth-order valence-electron chi connectivity index (χ4n) is 4.64. The molecule has 0 aliphatic carbocycles. The first-order chi connectivity index (χ1) is 18.2. The zero-order valence-electron chi connectivity index (χ0n) is 23.3. The van der Waals surface area contributed by atoms with E-state index < -0.39 is 46.3 Å². The van der Waals surface area contributed by atoms with E-state index >= 15 is 0 Å². The van der Waals surface area contributed by atoms with E-state index in [-0.39, 0.29) is 59.8 Å². The van der Waals surface area contributed by atoms with Gasteiger partial charge in [-0.1, -0.05) is 26.0 Å². The van der Waals surface area contributed by atoms with Gasteiger partial charge in [-0.3, -0.25) is 0 Å². The van der Waals surface area contributed by atoms with E-state index in [2.05, 4.69) is 0 Å². The summed E-state index contributed by atoms with van der Waals surface area (Å²) in [7, 11) is -1.24. The fraction of sp³-hybridized carbons (Fsp3) is 0.393. The normalized spacial score (nSPS) is 13.3. The van der Waals surface area contributed by atoms with Crippen LogP contribution in [0.3, 0.4) is 0 Å². The smallest absolute Gasteiger partial charge is 0.550 e. The van der Waals surface area contributed by atoms with Crippen LogP contribution in [-0.4, -0.2) is 59.8 Å². The van der Waals surface area contributed by atoms with E-state index in [1.807, 2.05) is 13.8 Å². The molecule has 1 heterocycles. The average Bonchev–Trinajstić information content (AvgIpc) is 3.19. The molecule has 0 saturated carbocycles. The molecule has 2 N–H and O–H groups in total.